The molecule has 1 unspecified atom stereocenters. The number of nitrogens with zero attached hydrogens (tertiary/aromatic N) is 5. The number of benzene rings is 3. The molecule has 9 nitrogen and oxygen atoms in total. The third-order valence-corrected chi connectivity index (χ3v) is 7.29. The highest BCUT2D eigenvalue weighted by atomic mass is 16.6. The Balaban J connectivity index is 1.36. The van der Waals surface area contributed by atoms with Crippen LogP contribution < -0.4 is 10.1 Å². The molecule has 0 bridgehead atoms. The fraction of sp³-hybridized carbons (Fsp3) is 0.294. The number of likely N-dealkylation sites (tertiary alicyclic amines) is 1. The standard InChI is InChI=1S/C34H36N6O3/c1-34(2,3)43-33(41)39-20-10-13-26(22-39)40-32-29(31(36-23-37-32)35-21-24-11-6-4-7-12-24)30(38-40)25-16-18-28(19-17-25)42-27-14-8-5-9-15-27/h4-9,11-12,14-19,23,26H,10,13,20-22H2,1-3H3,(H,35,36,37). The van der Waals surface area contributed by atoms with Crippen LogP contribution in [0.4, 0.5) is 10.6 Å². The lowest BCUT2D eigenvalue weighted by molar-refractivity contribution is 0.0169. The topological polar surface area (TPSA) is 94.4 Å². The first-order valence-electron chi connectivity index (χ1n) is 14.7. The number of rotatable bonds is 7. The van der Waals surface area contributed by atoms with Gasteiger partial charge in [0, 0.05) is 25.2 Å². The van der Waals surface area contributed by atoms with Crippen LogP contribution in [0.1, 0.15) is 45.2 Å². The van der Waals surface area contributed by atoms with Gasteiger partial charge in [-0.05, 0) is 75.6 Å². The Morgan fingerprint density at radius 3 is 2.35 bits per heavy atom. The quantitative estimate of drug-likeness (QED) is 0.215. The van der Waals surface area contributed by atoms with Gasteiger partial charge in [-0.15, -0.1) is 0 Å². The first-order valence-corrected chi connectivity index (χ1v) is 14.7. The third kappa shape index (κ3) is 6.61. The molecule has 9 heteroatoms. The molecule has 0 aliphatic carbocycles. The van der Waals surface area contributed by atoms with E-state index in [2.05, 4.69) is 22.4 Å². The van der Waals surface area contributed by atoms with Crippen molar-refractivity contribution >= 4 is 22.9 Å². The highest BCUT2D eigenvalue weighted by Gasteiger charge is 2.31. The number of piperidine rings is 1. The van der Waals surface area contributed by atoms with Gasteiger partial charge in [0.05, 0.1) is 11.4 Å². The van der Waals surface area contributed by atoms with Gasteiger partial charge < -0.3 is 19.7 Å². The van der Waals surface area contributed by atoms with Gasteiger partial charge in [-0.3, -0.25) is 0 Å². The highest BCUT2D eigenvalue weighted by Crippen LogP contribution is 2.36. The van der Waals surface area contributed by atoms with Gasteiger partial charge in [0.2, 0.25) is 0 Å². The number of para-hydroxylation sites is 1. The summed E-state index contributed by atoms with van der Waals surface area (Å²) in [6.07, 6.45) is 2.98. The first-order chi connectivity index (χ1) is 20.8. The Labute approximate surface area is 251 Å². The van der Waals surface area contributed by atoms with Crippen LogP contribution in [-0.2, 0) is 11.3 Å². The molecule has 3 aromatic carbocycles. The third-order valence-electron chi connectivity index (χ3n) is 7.29. The lowest BCUT2D eigenvalue weighted by Crippen LogP contribution is -2.43. The van der Waals surface area contributed by atoms with Gasteiger partial charge in [-0.2, -0.15) is 5.10 Å². The number of anilines is 1. The van der Waals surface area contributed by atoms with E-state index in [4.69, 9.17) is 19.6 Å². The summed E-state index contributed by atoms with van der Waals surface area (Å²) < 4.78 is 13.7. The highest BCUT2D eigenvalue weighted by molar-refractivity contribution is 5.99. The summed E-state index contributed by atoms with van der Waals surface area (Å²) in [5.41, 5.74) is 3.00. The average molecular weight is 577 g/mol. The zero-order valence-corrected chi connectivity index (χ0v) is 24.7. The van der Waals surface area contributed by atoms with Crippen LogP contribution in [0.3, 0.4) is 0 Å². The number of carbonyl (C=O) groups excluding carboxylic acids is 1. The molecule has 1 aliphatic rings. The Morgan fingerprint density at radius 2 is 1.63 bits per heavy atom. The summed E-state index contributed by atoms with van der Waals surface area (Å²) in [4.78, 5) is 24.1. The summed E-state index contributed by atoms with van der Waals surface area (Å²) in [7, 11) is 0. The van der Waals surface area contributed by atoms with Gasteiger partial charge in [-0.25, -0.2) is 19.4 Å². The van der Waals surface area contributed by atoms with Crippen LogP contribution in [-0.4, -0.2) is 49.4 Å². The van der Waals surface area contributed by atoms with Crippen molar-refractivity contribution in [2.45, 2.75) is 51.8 Å². The van der Waals surface area contributed by atoms with Crippen LogP contribution in [0, 0.1) is 0 Å². The van der Waals surface area contributed by atoms with Crippen molar-refractivity contribution in [3.05, 3.63) is 96.8 Å². The van der Waals surface area contributed by atoms with Crippen molar-refractivity contribution in [2.24, 2.45) is 0 Å². The predicted molar refractivity (Wildman–Crippen MR) is 167 cm³/mol. The molecule has 3 heterocycles. The smallest absolute Gasteiger partial charge is 0.410 e. The molecule has 1 amide bonds. The maximum absolute atomic E-state index is 12.9. The molecule has 0 saturated carbocycles. The lowest BCUT2D eigenvalue weighted by atomic mass is 10.1. The minimum absolute atomic E-state index is 0.0601. The number of ether oxygens (including phenoxy) is 2. The second kappa shape index (κ2) is 12.1. The SMILES string of the molecule is CC(C)(C)OC(=O)N1CCCC(n2nc(-c3ccc(Oc4ccccc4)cc3)c3c(NCc4ccccc4)ncnc32)C1. The number of hydrogen-bond donors (Lipinski definition) is 1. The predicted octanol–water partition coefficient (Wildman–Crippen LogP) is 7.47. The van der Waals surface area contributed by atoms with E-state index in [1.165, 1.54) is 0 Å². The van der Waals surface area contributed by atoms with E-state index >= 15 is 0 Å². The largest absolute Gasteiger partial charge is 0.457 e. The van der Waals surface area contributed by atoms with Crippen molar-refractivity contribution in [3.63, 3.8) is 0 Å². The summed E-state index contributed by atoms with van der Waals surface area (Å²) in [5.74, 6) is 2.22. The summed E-state index contributed by atoms with van der Waals surface area (Å²) in [6.45, 7) is 7.41. The van der Waals surface area contributed by atoms with Crippen molar-refractivity contribution in [1.29, 1.82) is 0 Å². The van der Waals surface area contributed by atoms with E-state index in [1.54, 1.807) is 11.2 Å². The van der Waals surface area contributed by atoms with E-state index in [0.717, 1.165) is 52.2 Å². The van der Waals surface area contributed by atoms with Gasteiger partial charge in [0.15, 0.2) is 5.65 Å². The average Bonchev–Trinajstić information content (AvgIpc) is 3.41. The minimum atomic E-state index is -0.557. The second-order valence-electron chi connectivity index (χ2n) is 11.7. The lowest BCUT2D eigenvalue weighted by Gasteiger charge is -2.34. The Hall–Kier alpha value is -4.92. The molecule has 1 N–H and O–H groups in total. The maximum Gasteiger partial charge on any atom is 0.410 e. The monoisotopic (exact) mass is 576 g/mol. The molecule has 6 rings (SSSR count). The fourth-order valence-corrected chi connectivity index (χ4v) is 5.30. The van der Waals surface area contributed by atoms with E-state index in [1.807, 2.05) is 98.2 Å². The summed E-state index contributed by atoms with van der Waals surface area (Å²) >= 11 is 0. The number of nitrogens with one attached hydrogen (secondary N) is 1. The van der Waals surface area contributed by atoms with Crippen molar-refractivity contribution < 1.29 is 14.3 Å². The molecule has 1 aliphatic heterocycles. The Kier molecular flexibility index (Phi) is 7.96. The van der Waals surface area contributed by atoms with Crippen LogP contribution in [0.5, 0.6) is 11.5 Å². The number of hydrogen-bond acceptors (Lipinski definition) is 7. The van der Waals surface area contributed by atoms with Crippen LogP contribution in [0.2, 0.25) is 0 Å². The number of aromatic nitrogens is 4. The second-order valence-corrected chi connectivity index (χ2v) is 11.7. The van der Waals surface area contributed by atoms with E-state index in [9.17, 15) is 4.79 Å². The molecule has 1 fully saturated rings. The van der Waals surface area contributed by atoms with E-state index < -0.39 is 5.60 Å². The molecule has 43 heavy (non-hydrogen) atoms. The Morgan fingerprint density at radius 1 is 0.930 bits per heavy atom. The maximum atomic E-state index is 12.9. The van der Waals surface area contributed by atoms with Gasteiger partial charge in [0.25, 0.3) is 0 Å². The van der Waals surface area contributed by atoms with Gasteiger partial charge in [-0.1, -0.05) is 48.5 Å². The molecule has 1 saturated heterocycles. The first kappa shape index (κ1) is 28.2. The zero-order chi connectivity index (χ0) is 29.8. The van der Waals surface area contributed by atoms with E-state index in [-0.39, 0.29) is 12.1 Å². The molecule has 2 aromatic heterocycles. The van der Waals surface area contributed by atoms with E-state index in [0.29, 0.717) is 25.5 Å². The molecular formula is C34H36N6O3. The summed E-state index contributed by atoms with van der Waals surface area (Å²) in [6, 6.07) is 27.7. The van der Waals surface area contributed by atoms with Crippen LogP contribution in [0.15, 0.2) is 91.3 Å². The van der Waals surface area contributed by atoms with Gasteiger partial charge in [0.1, 0.15) is 34.9 Å². The molecule has 5 aromatic rings. The molecule has 220 valence electrons. The molecular weight excluding hydrogens is 540 g/mol. The van der Waals surface area contributed by atoms with Gasteiger partial charge >= 0.3 is 6.09 Å². The zero-order valence-electron chi connectivity index (χ0n) is 24.7. The number of amides is 1. The minimum Gasteiger partial charge on any atom is -0.457 e. The number of carbonyl (C=O) groups is 1. The molecule has 0 spiro atoms. The fourth-order valence-electron chi connectivity index (χ4n) is 5.30. The van der Waals surface area contributed by atoms with Crippen molar-refractivity contribution in [3.8, 4) is 22.8 Å². The van der Waals surface area contributed by atoms with Crippen molar-refractivity contribution in [1.82, 2.24) is 24.6 Å². The normalized spacial score (nSPS) is 15.3. The number of fused-ring (bicyclic) bond motifs is 1. The molecule has 0 radical (unpaired) electrons. The summed E-state index contributed by atoms with van der Waals surface area (Å²) in [5, 5.41) is 9.49. The Bertz CT molecular complexity index is 1680. The van der Waals surface area contributed by atoms with Crippen molar-refractivity contribution in [2.75, 3.05) is 18.4 Å². The van der Waals surface area contributed by atoms with Crippen LogP contribution in [0.25, 0.3) is 22.3 Å². The van der Waals surface area contributed by atoms with Crippen LogP contribution >= 0.6 is 0 Å². The molecule has 1 atom stereocenters.